The van der Waals surface area contributed by atoms with Gasteiger partial charge in [0.2, 0.25) is 0 Å². The van der Waals surface area contributed by atoms with E-state index in [-0.39, 0.29) is 0 Å². The Morgan fingerprint density at radius 2 is 1.95 bits per heavy atom. The van der Waals surface area contributed by atoms with E-state index in [1.165, 1.54) is 32.1 Å². The summed E-state index contributed by atoms with van der Waals surface area (Å²) in [6.45, 7) is 5.51. The molecule has 1 aromatic heterocycles. The number of rotatable bonds is 5. The quantitative estimate of drug-likeness (QED) is 0.777. The van der Waals surface area contributed by atoms with Gasteiger partial charge in [0.25, 0.3) is 0 Å². The molecule has 1 aliphatic carbocycles. The molecule has 3 nitrogen and oxygen atoms in total. The molecule has 19 heavy (non-hydrogen) atoms. The minimum absolute atomic E-state index is 0.580. The van der Waals surface area contributed by atoms with Crippen LogP contribution in [0.15, 0.2) is 18.2 Å². The molecule has 1 heterocycles. The third kappa shape index (κ3) is 4.41. The molecular weight excluding hydrogens is 234 g/mol. The van der Waals surface area contributed by atoms with Crippen LogP contribution in [0.2, 0.25) is 0 Å². The molecule has 0 bridgehead atoms. The molecular formula is C16H27N3. The van der Waals surface area contributed by atoms with E-state index >= 15 is 0 Å². The second-order valence-corrected chi connectivity index (χ2v) is 5.70. The van der Waals surface area contributed by atoms with E-state index in [1.807, 2.05) is 6.07 Å². The van der Waals surface area contributed by atoms with Crippen molar-refractivity contribution in [3.8, 4) is 0 Å². The number of hydrogen-bond acceptors (Lipinski definition) is 3. The highest BCUT2D eigenvalue weighted by molar-refractivity contribution is 5.45. The Morgan fingerprint density at radius 3 is 2.79 bits per heavy atom. The van der Waals surface area contributed by atoms with Crippen LogP contribution in [0.25, 0.3) is 0 Å². The average molecular weight is 261 g/mol. The van der Waals surface area contributed by atoms with Gasteiger partial charge in [-0.2, -0.15) is 0 Å². The van der Waals surface area contributed by atoms with Crippen LogP contribution in [0.5, 0.6) is 0 Å². The first-order valence-electron chi connectivity index (χ1n) is 7.77. The van der Waals surface area contributed by atoms with Crippen molar-refractivity contribution in [3.63, 3.8) is 0 Å². The highest BCUT2D eigenvalue weighted by Gasteiger charge is 2.19. The Hall–Kier alpha value is -1.25. The maximum absolute atomic E-state index is 4.65. The Bertz CT molecular complexity index is 378. The topological polar surface area (TPSA) is 37.0 Å². The summed E-state index contributed by atoms with van der Waals surface area (Å²) in [5.41, 5.74) is 0. The van der Waals surface area contributed by atoms with Crippen molar-refractivity contribution in [3.05, 3.63) is 18.2 Å². The maximum Gasteiger partial charge on any atom is 0.128 e. The minimum Gasteiger partial charge on any atom is -0.370 e. The van der Waals surface area contributed by atoms with Gasteiger partial charge in [-0.3, -0.25) is 0 Å². The molecule has 2 unspecified atom stereocenters. The first kappa shape index (κ1) is 14.2. The lowest BCUT2D eigenvalue weighted by Crippen LogP contribution is -2.26. The second kappa shape index (κ2) is 7.37. The predicted molar refractivity (Wildman–Crippen MR) is 82.7 cm³/mol. The maximum atomic E-state index is 4.65. The lowest BCUT2D eigenvalue weighted by atomic mass is 9.97. The lowest BCUT2D eigenvalue weighted by Gasteiger charge is -2.23. The third-order valence-corrected chi connectivity index (χ3v) is 4.00. The Kier molecular flexibility index (Phi) is 5.49. The van der Waals surface area contributed by atoms with Crippen molar-refractivity contribution >= 4 is 11.6 Å². The van der Waals surface area contributed by atoms with Crippen LogP contribution in [0.3, 0.4) is 0 Å². The summed E-state index contributed by atoms with van der Waals surface area (Å²) >= 11 is 0. The SMILES string of the molecule is CCCNc1cccc(NC2CCCCCC2C)n1. The van der Waals surface area contributed by atoms with E-state index in [0.717, 1.165) is 30.5 Å². The van der Waals surface area contributed by atoms with Gasteiger partial charge in [-0.25, -0.2) is 4.98 Å². The standard InChI is InChI=1S/C16H27N3/c1-3-12-17-15-10-7-11-16(19-15)18-14-9-6-4-5-8-13(14)2/h7,10-11,13-14H,3-6,8-9,12H2,1-2H3,(H2,17,18,19). The molecule has 2 N–H and O–H groups in total. The fraction of sp³-hybridized carbons (Fsp3) is 0.688. The highest BCUT2D eigenvalue weighted by Crippen LogP contribution is 2.25. The van der Waals surface area contributed by atoms with Crippen LogP contribution in [0.4, 0.5) is 11.6 Å². The van der Waals surface area contributed by atoms with E-state index < -0.39 is 0 Å². The zero-order valence-electron chi connectivity index (χ0n) is 12.3. The van der Waals surface area contributed by atoms with Crippen molar-refractivity contribution in [1.82, 2.24) is 4.98 Å². The molecule has 0 aromatic carbocycles. The molecule has 1 fully saturated rings. The Balaban J connectivity index is 1.97. The molecule has 1 saturated carbocycles. The molecule has 2 atom stereocenters. The van der Waals surface area contributed by atoms with Gasteiger partial charge in [0, 0.05) is 12.6 Å². The van der Waals surface area contributed by atoms with Crippen molar-refractivity contribution in [2.24, 2.45) is 5.92 Å². The third-order valence-electron chi connectivity index (χ3n) is 4.00. The summed E-state index contributed by atoms with van der Waals surface area (Å²) < 4.78 is 0. The van der Waals surface area contributed by atoms with E-state index in [0.29, 0.717) is 6.04 Å². The van der Waals surface area contributed by atoms with Crippen molar-refractivity contribution in [2.75, 3.05) is 17.2 Å². The van der Waals surface area contributed by atoms with Crippen LogP contribution in [0, 0.1) is 5.92 Å². The first-order chi connectivity index (χ1) is 9.29. The molecule has 0 saturated heterocycles. The predicted octanol–water partition coefficient (Wildman–Crippen LogP) is 4.28. The van der Waals surface area contributed by atoms with Crippen LogP contribution >= 0.6 is 0 Å². The molecule has 1 aromatic rings. The average Bonchev–Trinajstić information content (AvgIpc) is 2.62. The fourth-order valence-corrected chi connectivity index (χ4v) is 2.76. The van der Waals surface area contributed by atoms with Gasteiger partial charge in [0.1, 0.15) is 11.6 Å². The largest absolute Gasteiger partial charge is 0.370 e. The molecule has 0 amide bonds. The lowest BCUT2D eigenvalue weighted by molar-refractivity contribution is 0.456. The normalized spacial score (nSPS) is 23.7. The van der Waals surface area contributed by atoms with Gasteiger partial charge in [-0.05, 0) is 37.3 Å². The number of aromatic nitrogens is 1. The molecule has 3 heteroatoms. The van der Waals surface area contributed by atoms with E-state index in [1.54, 1.807) is 0 Å². The van der Waals surface area contributed by atoms with E-state index in [9.17, 15) is 0 Å². The minimum atomic E-state index is 0.580. The van der Waals surface area contributed by atoms with Crippen LogP contribution in [-0.4, -0.2) is 17.6 Å². The number of hydrogen-bond donors (Lipinski definition) is 2. The monoisotopic (exact) mass is 261 g/mol. The summed E-state index contributed by atoms with van der Waals surface area (Å²) in [5.74, 6) is 2.74. The zero-order valence-corrected chi connectivity index (χ0v) is 12.3. The summed E-state index contributed by atoms with van der Waals surface area (Å²) in [4.78, 5) is 4.65. The number of pyridine rings is 1. The smallest absolute Gasteiger partial charge is 0.128 e. The van der Waals surface area contributed by atoms with E-state index in [2.05, 4.69) is 41.6 Å². The van der Waals surface area contributed by atoms with Gasteiger partial charge in [0.05, 0.1) is 0 Å². The molecule has 0 spiro atoms. The molecule has 106 valence electrons. The molecule has 1 aliphatic rings. The summed E-state index contributed by atoms with van der Waals surface area (Å²) in [6.07, 6.45) is 7.84. The van der Waals surface area contributed by atoms with Gasteiger partial charge in [0.15, 0.2) is 0 Å². The van der Waals surface area contributed by atoms with Crippen molar-refractivity contribution < 1.29 is 0 Å². The highest BCUT2D eigenvalue weighted by atomic mass is 15.1. The van der Waals surface area contributed by atoms with Crippen LogP contribution in [-0.2, 0) is 0 Å². The number of nitrogens with zero attached hydrogens (tertiary/aromatic N) is 1. The van der Waals surface area contributed by atoms with Crippen molar-refractivity contribution in [2.45, 2.75) is 58.4 Å². The van der Waals surface area contributed by atoms with E-state index in [4.69, 9.17) is 0 Å². The molecule has 0 radical (unpaired) electrons. The molecule has 2 rings (SSSR count). The molecule has 0 aliphatic heterocycles. The first-order valence-corrected chi connectivity index (χ1v) is 7.77. The zero-order chi connectivity index (χ0) is 13.5. The fourth-order valence-electron chi connectivity index (χ4n) is 2.76. The summed E-state index contributed by atoms with van der Waals surface area (Å²) in [6, 6.07) is 6.78. The number of anilines is 2. The van der Waals surface area contributed by atoms with Gasteiger partial charge >= 0.3 is 0 Å². The summed E-state index contributed by atoms with van der Waals surface area (Å²) in [5, 5.41) is 6.98. The summed E-state index contributed by atoms with van der Waals surface area (Å²) in [7, 11) is 0. The Morgan fingerprint density at radius 1 is 1.16 bits per heavy atom. The van der Waals surface area contributed by atoms with Crippen molar-refractivity contribution in [1.29, 1.82) is 0 Å². The van der Waals surface area contributed by atoms with Gasteiger partial charge < -0.3 is 10.6 Å². The second-order valence-electron chi connectivity index (χ2n) is 5.70. The number of nitrogens with one attached hydrogen (secondary N) is 2. The van der Waals surface area contributed by atoms with Gasteiger partial charge in [-0.15, -0.1) is 0 Å². The Labute approximate surface area is 117 Å². The van der Waals surface area contributed by atoms with Crippen LogP contribution < -0.4 is 10.6 Å². The van der Waals surface area contributed by atoms with Gasteiger partial charge in [-0.1, -0.05) is 39.2 Å². The van der Waals surface area contributed by atoms with Crippen LogP contribution in [0.1, 0.15) is 52.4 Å².